The molecule has 7 nitrogen and oxygen atoms in total. The van der Waals surface area contributed by atoms with Gasteiger partial charge < -0.3 is 15.2 Å². The number of benzene rings is 2. The van der Waals surface area contributed by atoms with Crippen molar-refractivity contribution in [3.05, 3.63) is 66.8 Å². The van der Waals surface area contributed by atoms with E-state index in [9.17, 15) is 9.59 Å². The molecular formula is C23H22Cl5N5O2S. The highest BCUT2D eigenvalue weighted by atomic mass is 35.5. The summed E-state index contributed by atoms with van der Waals surface area (Å²) in [6, 6.07) is 7.24. The lowest BCUT2D eigenvalue weighted by atomic mass is 10.0. The maximum absolute atomic E-state index is 12.9. The van der Waals surface area contributed by atoms with Crippen molar-refractivity contribution in [2.24, 2.45) is 5.92 Å². The van der Waals surface area contributed by atoms with E-state index in [-0.39, 0.29) is 39.2 Å². The van der Waals surface area contributed by atoms with Crippen LogP contribution >= 0.6 is 69.8 Å². The Labute approximate surface area is 238 Å². The highest BCUT2D eigenvalue weighted by Crippen LogP contribution is 2.34. The van der Waals surface area contributed by atoms with Crippen LogP contribution in [0.1, 0.15) is 43.0 Å². The van der Waals surface area contributed by atoms with Crippen LogP contribution in [-0.2, 0) is 11.3 Å². The second kappa shape index (κ2) is 12.7. The second-order valence-corrected chi connectivity index (χ2v) is 11.0. The largest absolute Gasteiger partial charge is 0.342 e. The monoisotopic (exact) mass is 607 g/mol. The van der Waals surface area contributed by atoms with Crippen molar-refractivity contribution >= 4 is 87.3 Å². The molecule has 0 spiro atoms. The average Bonchev–Trinajstić information content (AvgIpc) is 3.22. The zero-order chi connectivity index (χ0) is 26.6. The van der Waals surface area contributed by atoms with Crippen molar-refractivity contribution in [1.29, 1.82) is 0 Å². The van der Waals surface area contributed by atoms with Crippen molar-refractivity contribution in [2.45, 2.75) is 38.5 Å². The van der Waals surface area contributed by atoms with E-state index in [0.29, 0.717) is 38.2 Å². The molecular weight excluding hydrogens is 588 g/mol. The average molecular weight is 610 g/mol. The predicted molar refractivity (Wildman–Crippen MR) is 148 cm³/mol. The van der Waals surface area contributed by atoms with Gasteiger partial charge in [-0.1, -0.05) is 83.6 Å². The van der Waals surface area contributed by atoms with Gasteiger partial charge in [0.15, 0.2) is 11.0 Å². The number of hydrogen-bond acceptors (Lipinski definition) is 5. The first-order valence-corrected chi connectivity index (χ1v) is 13.7. The van der Waals surface area contributed by atoms with Crippen LogP contribution in [0, 0.1) is 5.92 Å². The summed E-state index contributed by atoms with van der Waals surface area (Å²) in [5, 5.41) is 16.3. The highest BCUT2D eigenvalue weighted by Gasteiger charge is 2.26. The number of halogens is 5. The van der Waals surface area contributed by atoms with Gasteiger partial charge in [-0.15, -0.1) is 10.2 Å². The number of nitrogens with zero attached hydrogens (tertiary/aromatic N) is 3. The van der Waals surface area contributed by atoms with Crippen LogP contribution in [0.4, 0.5) is 5.69 Å². The van der Waals surface area contributed by atoms with Crippen LogP contribution < -0.4 is 10.6 Å². The third-order valence-electron chi connectivity index (χ3n) is 5.08. The Morgan fingerprint density at radius 2 is 1.64 bits per heavy atom. The summed E-state index contributed by atoms with van der Waals surface area (Å²) in [7, 11) is 0. The maximum atomic E-state index is 12.9. The van der Waals surface area contributed by atoms with Crippen LogP contribution in [0.2, 0.25) is 25.1 Å². The molecule has 0 bridgehead atoms. The zero-order valence-corrected chi connectivity index (χ0v) is 24.0. The minimum atomic E-state index is -0.436. The van der Waals surface area contributed by atoms with Crippen LogP contribution in [0.15, 0.2) is 35.5 Å². The molecule has 0 aliphatic rings. The lowest BCUT2D eigenvalue weighted by Crippen LogP contribution is -2.33. The standard InChI is InChI=1S/C23H22Cl5N5O2S/c1-4-33-21(19(11(2)3)30-22(35)12-5-6-14(25)15(26)7-12)31-32-23(33)36-10-18(34)29-20-16(27)8-13(24)9-17(20)28/h5-9,11,19H,4,10H2,1-3H3,(H,29,34)(H,30,35)/t19-/m1/s1. The van der Waals surface area contributed by atoms with E-state index in [4.69, 9.17) is 58.0 Å². The normalized spacial score (nSPS) is 12.0. The summed E-state index contributed by atoms with van der Waals surface area (Å²) >= 11 is 31.5. The van der Waals surface area contributed by atoms with Gasteiger partial charge in [0.05, 0.1) is 37.6 Å². The van der Waals surface area contributed by atoms with Crippen molar-refractivity contribution < 1.29 is 9.59 Å². The molecule has 0 radical (unpaired) electrons. The lowest BCUT2D eigenvalue weighted by molar-refractivity contribution is -0.113. The molecule has 3 rings (SSSR count). The number of aromatic nitrogens is 3. The number of hydrogen-bond donors (Lipinski definition) is 2. The molecule has 0 aliphatic heterocycles. The predicted octanol–water partition coefficient (Wildman–Crippen LogP) is 7.42. The minimum absolute atomic E-state index is 0.00144. The molecule has 1 atom stereocenters. The highest BCUT2D eigenvalue weighted by molar-refractivity contribution is 7.99. The van der Waals surface area contributed by atoms with Crippen molar-refractivity contribution in [2.75, 3.05) is 11.1 Å². The molecule has 36 heavy (non-hydrogen) atoms. The summed E-state index contributed by atoms with van der Waals surface area (Å²) in [5.74, 6) is -0.0286. The third-order valence-corrected chi connectivity index (χ3v) is 7.60. The van der Waals surface area contributed by atoms with E-state index in [1.807, 2.05) is 25.3 Å². The molecule has 2 amide bonds. The summed E-state index contributed by atoms with van der Waals surface area (Å²) < 4.78 is 1.86. The fraction of sp³-hybridized carbons (Fsp3) is 0.304. The Kier molecular flexibility index (Phi) is 10.2. The van der Waals surface area contributed by atoms with Crippen LogP contribution in [0.5, 0.6) is 0 Å². The molecule has 0 aliphatic carbocycles. The lowest BCUT2D eigenvalue weighted by Gasteiger charge is -2.22. The first-order chi connectivity index (χ1) is 17.0. The Morgan fingerprint density at radius 3 is 2.22 bits per heavy atom. The summed E-state index contributed by atoms with van der Waals surface area (Å²) in [6.45, 7) is 6.40. The van der Waals surface area contributed by atoms with Crippen molar-refractivity contribution in [3.8, 4) is 0 Å². The second-order valence-electron chi connectivity index (χ2n) is 7.99. The van der Waals surface area contributed by atoms with Gasteiger partial charge in [-0.05, 0) is 43.2 Å². The smallest absolute Gasteiger partial charge is 0.251 e. The van der Waals surface area contributed by atoms with E-state index < -0.39 is 6.04 Å². The van der Waals surface area contributed by atoms with Crippen molar-refractivity contribution in [3.63, 3.8) is 0 Å². The molecule has 2 aromatic carbocycles. The Hall–Kier alpha value is -1.68. The molecule has 0 saturated carbocycles. The SMILES string of the molecule is CCn1c(SCC(=O)Nc2c(Cl)cc(Cl)cc2Cl)nnc1[C@H](NC(=O)c1ccc(Cl)c(Cl)c1)C(C)C. The van der Waals surface area contributed by atoms with E-state index in [2.05, 4.69) is 20.8 Å². The third kappa shape index (κ3) is 7.00. The number of carbonyl (C=O) groups excluding carboxylic acids is 2. The van der Waals surface area contributed by atoms with Gasteiger partial charge in [0.2, 0.25) is 5.91 Å². The van der Waals surface area contributed by atoms with Crippen molar-refractivity contribution in [1.82, 2.24) is 20.1 Å². The van der Waals surface area contributed by atoms with E-state index in [0.717, 1.165) is 0 Å². The fourth-order valence-electron chi connectivity index (χ4n) is 3.29. The van der Waals surface area contributed by atoms with E-state index in [1.54, 1.807) is 12.1 Å². The Bertz CT molecular complexity index is 1260. The molecule has 0 fully saturated rings. The summed E-state index contributed by atoms with van der Waals surface area (Å²) in [4.78, 5) is 25.5. The first kappa shape index (κ1) is 28.9. The number of nitrogens with one attached hydrogen (secondary N) is 2. The van der Waals surface area contributed by atoms with Gasteiger partial charge >= 0.3 is 0 Å². The van der Waals surface area contributed by atoms with Gasteiger partial charge in [-0.25, -0.2) is 0 Å². The molecule has 2 N–H and O–H groups in total. The van der Waals surface area contributed by atoms with Gasteiger partial charge in [-0.2, -0.15) is 0 Å². The van der Waals surface area contributed by atoms with Gasteiger partial charge in [0, 0.05) is 17.1 Å². The molecule has 1 aromatic heterocycles. The molecule has 192 valence electrons. The molecule has 3 aromatic rings. The van der Waals surface area contributed by atoms with Crippen LogP contribution in [0.3, 0.4) is 0 Å². The van der Waals surface area contributed by atoms with E-state index >= 15 is 0 Å². The number of carbonyl (C=O) groups is 2. The first-order valence-electron chi connectivity index (χ1n) is 10.8. The van der Waals surface area contributed by atoms with E-state index in [1.165, 1.54) is 30.0 Å². The number of thioether (sulfide) groups is 1. The number of amides is 2. The Morgan fingerprint density at radius 1 is 0.972 bits per heavy atom. The maximum Gasteiger partial charge on any atom is 0.251 e. The minimum Gasteiger partial charge on any atom is -0.342 e. The van der Waals surface area contributed by atoms with Crippen LogP contribution in [0.25, 0.3) is 0 Å². The summed E-state index contributed by atoms with van der Waals surface area (Å²) in [6.07, 6.45) is 0. The number of rotatable bonds is 9. The zero-order valence-electron chi connectivity index (χ0n) is 19.4. The molecule has 1 heterocycles. The molecule has 0 saturated heterocycles. The van der Waals surface area contributed by atoms with Gasteiger partial charge in [-0.3, -0.25) is 9.59 Å². The summed E-state index contributed by atoms with van der Waals surface area (Å²) in [5.41, 5.74) is 0.666. The quantitative estimate of drug-likeness (QED) is 0.247. The van der Waals surface area contributed by atoms with Crippen LogP contribution in [-0.4, -0.2) is 32.3 Å². The molecule has 13 heteroatoms. The fourth-order valence-corrected chi connectivity index (χ4v) is 5.31. The van der Waals surface area contributed by atoms with Gasteiger partial charge in [0.1, 0.15) is 0 Å². The van der Waals surface area contributed by atoms with Gasteiger partial charge in [0.25, 0.3) is 5.91 Å². The molecule has 0 unspecified atom stereocenters. The Balaban J connectivity index is 1.74. The topological polar surface area (TPSA) is 88.9 Å². The number of anilines is 1.